The summed E-state index contributed by atoms with van der Waals surface area (Å²) in [7, 11) is 0. The van der Waals surface area contributed by atoms with Gasteiger partial charge in [0.1, 0.15) is 5.82 Å². The van der Waals surface area contributed by atoms with Crippen LogP contribution in [-0.4, -0.2) is 17.1 Å². The molecular formula is C17H23N3S. The molecule has 2 heterocycles. The van der Waals surface area contributed by atoms with Crippen molar-refractivity contribution in [2.45, 2.75) is 51.7 Å². The zero-order valence-electron chi connectivity index (χ0n) is 12.7. The molecule has 1 saturated carbocycles. The first-order chi connectivity index (χ1) is 10.1. The second kappa shape index (κ2) is 6.16. The number of pyridine rings is 1. The van der Waals surface area contributed by atoms with Crippen molar-refractivity contribution in [3.63, 3.8) is 0 Å². The first kappa shape index (κ1) is 14.5. The maximum Gasteiger partial charge on any atom is 0.131 e. The van der Waals surface area contributed by atoms with Crippen LogP contribution in [-0.2, 0) is 13.0 Å². The Morgan fingerprint density at radius 2 is 2.24 bits per heavy atom. The van der Waals surface area contributed by atoms with Gasteiger partial charge in [-0.1, -0.05) is 6.07 Å². The van der Waals surface area contributed by atoms with E-state index in [0.717, 1.165) is 18.8 Å². The Hall–Kier alpha value is -1.39. The van der Waals surface area contributed by atoms with E-state index in [9.17, 15) is 0 Å². The zero-order chi connectivity index (χ0) is 14.8. The largest absolute Gasteiger partial charge is 0.349 e. The minimum Gasteiger partial charge on any atom is -0.349 e. The van der Waals surface area contributed by atoms with Gasteiger partial charge in [-0.3, -0.25) is 0 Å². The fourth-order valence-electron chi connectivity index (χ4n) is 2.75. The number of nitrogens with two attached hydrogens (primary N) is 1. The van der Waals surface area contributed by atoms with Crippen LogP contribution in [0.1, 0.15) is 36.5 Å². The predicted molar refractivity (Wildman–Crippen MR) is 89.9 cm³/mol. The van der Waals surface area contributed by atoms with Crippen LogP contribution in [0.2, 0.25) is 0 Å². The zero-order valence-corrected chi connectivity index (χ0v) is 13.6. The van der Waals surface area contributed by atoms with Gasteiger partial charge in [0.25, 0.3) is 0 Å². The summed E-state index contributed by atoms with van der Waals surface area (Å²) < 4.78 is 0. The molecule has 0 amide bonds. The van der Waals surface area contributed by atoms with Gasteiger partial charge in [-0.25, -0.2) is 4.98 Å². The van der Waals surface area contributed by atoms with E-state index in [2.05, 4.69) is 34.7 Å². The molecule has 0 aromatic carbocycles. The van der Waals surface area contributed by atoms with E-state index < -0.39 is 0 Å². The molecule has 21 heavy (non-hydrogen) atoms. The van der Waals surface area contributed by atoms with Crippen LogP contribution >= 0.6 is 11.3 Å². The van der Waals surface area contributed by atoms with Gasteiger partial charge in [-0.2, -0.15) is 11.3 Å². The minimum atomic E-state index is 0.183. The Balaban J connectivity index is 1.82. The lowest BCUT2D eigenvalue weighted by atomic mass is 10.1. The molecule has 1 aliphatic rings. The first-order valence-electron chi connectivity index (χ1n) is 7.62. The molecule has 2 N–H and O–H groups in total. The average molecular weight is 301 g/mol. The lowest BCUT2D eigenvalue weighted by Gasteiger charge is -2.25. The molecule has 112 valence electrons. The monoisotopic (exact) mass is 301 g/mol. The van der Waals surface area contributed by atoms with E-state index in [4.69, 9.17) is 10.7 Å². The van der Waals surface area contributed by atoms with Crippen LogP contribution in [0.25, 0.3) is 0 Å². The van der Waals surface area contributed by atoms with Crippen LogP contribution in [0.15, 0.2) is 29.1 Å². The normalized spacial score (nSPS) is 16.0. The second-order valence-electron chi connectivity index (χ2n) is 6.16. The Morgan fingerprint density at radius 3 is 2.81 bits per heavy atom. The molecule has 0 radical (unpaired) electrons. The molecule has 3 rings (SSSR count). The van der Waals surface area contributed by atoms with Crippen LogP contribution in [0, 0.1) is 6.92 Å². The number of hydrogen-bond acceptors (Lipinski definition) is 4. The van der Waals surface area contributed by atoms with Gasteiger partial charge in [0, 0.05) is 24.8 Å². The number of anilines is 1. The van der Waals surface area contributed by atoms with Gasteiger partial charge in [-0.15, -0.1) is 0 Å². The second-order valence-corrected chi connectivity index (χ2v) is 6.94. The summed E-state index contributed by atoms with van der Waals surface area (Å²) in [6.07, 6.45) is 5.45. The Labute approximate surface area is 130 Å². The molecule has 0 saturated heterocycles. The molecule has 3 nitrogen and oxygen atoms in total. The number of rotatable bonds is 6. The average Bonchev–Trinajstić information content (AvgIpc) is 3.14. The van der Waals surface area contributed by atoms with E-state index in [1.54, 1.807) is 11.3 Å². The number of thiophene rings is 1. The molecule has 2 aromatic heterocycles. The van der Waals surface area contributed by atoms with Crippen LogP contribution in [0.5, 0.6) is 0 Å². The Morgan fingerprint density at radius 1 is 1.43 bits per heavy atom. The van der Waals surface area contributed by atoms with Crippen molar-refractivity contribution in [1.29, 1.82) is 0 Å². The summed E-state index contributed by atoms with van der Waals surface area (Å²) in [5, 5.41) is 4.38. The van der Waals surface area contributed by atoms with Crippen molar-refractivity contribution >= 4 is 17.2 Å². The summed E-state index contributed by atoms with van der Waals surface area (Å²) in [4.78, 5) is 7.21. The SMILES string of the molecule is Cc1cc(CC(C)N)cnc1N(Cc1ccsc1)C1CC1. The molecule has 0 bridgehead atoms. The van der Waals surface area contributed by atoms with E-state index in [1.165, 1.54) is 29.5 Å². The van der Waals surface area contributed by atoms with E-state index in [-0.39, 0.29) is 6.04 Å². The summed E-state index contributed by atoms with van der Waals surface area (Å²) >= 11 is 1.76. The number of nitrogens with zero attached hydrogens (tertiary/aromatic N) is 2. The van der Waals surface area contributed by atoms with Gasteiger partial charge < -0.3 is 10.6 Å². The first-order valence-corrected chi connectivity index (χ1v) is 8.56. The smallest absolute Gasteiger partial charge is 0.131 e. The number of aryl methyl sites for hydroxylation is 1. The number of aromatic nitrogens is 1. The topological polar surface area (TPSA) is 42.1 Å². The highest BCUT2D eigenvalue weighted by Gasteiger charge is 2.31. The summed E-state index contributed by atoms with van der Waals surface area (Å²) in [5.74, 6) is 1.14. The van der Waals surface area contributed by atoms with Crippen LogP contribution in [0.3, 0.4) is 0 Å². The highest BCUT2D eigenvalue weighted by atomic mass is 32.1. The molecule has 1 aliphatic carbocycles. The third-order valence-corrected chi connectivity index (χ3v) is 4.59. The van der Waals surface area contributed by atoms with Crippen molar-refractivity contribution in [3.05, 3.63) is 45.8 Å². The molecule has 2 aromatic rings. The summed E-state index contributed by atoms with van der Waals surface area (Å²) in [6, 6.07) is 5.30. The van der Waals surface area contributed by atoms with Crippen molar-refractivity contribution in [2.24, 2.45) is 5.73 Å². The van der Waals surface area contributed by atoms with Gasteiger partial charge in [-0.05, 0) is 66.6 Å². The Kier molecular flexibility index (Phi) is 4.27. The maximum atomic E-state index is 5.88. The van der Waals surface area contributed by atoms with Crippen molar-refractivity contribution in [2.75, 3.05) is 4.90 Å². The molecule has 0 aliphatic heterocycles. The van der Waals surface area contributed by atoms with Crippen LogP contribution in [0.4, 0.5) is 5.82 Å². The Bertz CT molecular complexity index is 588. The highest BCUT2D eigenvalue weighted by Crippen LogP contribution is 2.34. The highest BCUT2D eigenvalue weighted by molar-refractivity contribution is 7.07. The van der Waals surface area contributed by atoms with Crippen molar-refractivity contribution < 1.29 is 0 Å². The molecule has 0 spiro atoms. The molecule has 1 unspecified atom stereocenters. The number of hydrogen-bond donors (Lipinski definition) is 1. The van der Waals surface area contributed by atoms with E-state index in [0.29, 0.717) is 6.04 Å². The van der Waals surface area contributed by atoms with Gasteiger partial charge in [0.15, 0.2) is 0 Å². The third kappa shape index (κ3) is 3.63. The summed E-state index contributed by atoms with van der Waals surface area (Å²) in [6.45, 7) is 5.17. The van der Waals surface area contributed by atoms with Gasteiger partial charge in [0.2, 0.25) is 0 Å². The fourth-order valence-corrected chi connectivity index (χ4v) is 3.41. The molecule has 1 atom stereocenters. The van der Waals surface area contributed by atoms with E-state index >= 15 is 0 Å². The van der Waals surface area contributed by atoms with Crippen molar-refractivity contribution in [1.82, 2.24) is 4.98 Å². The third-order valence-electron chi connectivity index (χ3n) is 3.86. The standard InChI is InChI=1S/C17H23N3S/c1-12-7-15(8-13(2)18)9-19-17(12)20(16-3-4-16)10-14-5-6-21-11-14/h5-7,9,11,13,16H,3-4,8,10,18H2,1-2H3. The summed E-state index contributed by atoms with van der Waals surface area (Å²) in [5.41, 5.74) is 9.76. The van der Waals surface area contributed by atoms with E-state index in [1.807, 2.05) is 13.1 Å². The lowest BCUT2D eigenvalue weighted by Crippen LogP contribution is -2.27. The predicted octanol–water partition coefficient (Wildman–Crippen LogP) is 3.51. The minimum absolute atomic E-state index is 0.183. The quantitative estimate of drug-likeness (QED) is 0.888. The molecular weight excluding hydrogens is 278 g/mol. The lowest BCUT2D eigenvalue weighted by molar-refractivity contribution is 0.731. The van der Waals surface area contributed by atoms with Gasteiger partial charge >= 0.3 is 0 Å². The molecule has 1 fully saturated rings. The van der Waals surface area contributed by atoms with Gasteiger partial charge in [0.05, 0.1) is 0 Å². The van der Waals surface area contributed by atoms with Crippen LogP contribution < -0.4 is 10.6 Å². The van der Waals surface area contributed by atoms with Crippen molar-refractivity contribution in [3.8, 4) is 0 Å². The fraction of sp³-hybridized carbons (Fsp3) is 0.471. The maximum absolute atomic E-state index is 5.88. The molecule has 4 heteroatoms.